The second-order valence-electron chi connectivity index (χ2n) is 4.29. The van der Waals surface area contributed by atoms with E-state index in [-0.39, 0.29) is 11.9 Å². The highest BCUT2D eigenvalue weighted by Crippen LogP contribution is 2.26. The molecule has 15 heavy (non-hydrogen) atoms. The Hall–Kier alpha value is -1.38. The van der Waals surface area contributed by atoms with Crippen molar-refractivity contribution in [3.63, 3.8) is 0 Å². The molecule has 3 heteroatoms. The fourth-order valence-corrected chi connectivity index (χ4v) is 2.07. The third-order valence-corrected chi connectivity index (χ3v) is 2.94. The summed E-state index contributed by atoms with van der Waals surface area (Å²) >= 11 is 0. The van der Waals surface area contributed by atoms with Crippen molar-refractivity contribution >= 4 is 5.91 Å². The molecule has 0 N–H and O–H groups in total. The van der Waals surface area contributed by atoms with Gasteiger partial charge in [-0.1, -0.05) is 13.0 Å². The molecule has 80 valence electrons. The Morgan fingerprint density at radius 3 is 2.87 bits per heavy atom. The van der Waals surface area contributed by atoms with Crippen LogP contribution in [0.1, 0.15) is 32.0 Å². The lowest BCUT2D eigenvalue weighted by molar-refractivity contribution is -0.129. The first-order valence-electron chi connectivity index (χ1n) is 5.39. The molecule has 2 rings (SSSR count). The largest absolute Gasteiger partial charge is 0.334 e. The average molecular weight is 204 g/mol. The Labute approximate surface area is 90.1 Å². The van der Waals surface area contributed by atoms with Gasteiger partial charge in [0, 0.05) is 19.2 Å². The number of hydrogen-bond donors (Lipinski definition) is 0. The number of amides is 1. The van der Waals surface area contributed by atoms with Crippen LogP contribution in [0, 0.1) is 5.92 Å². The number of carbonyl (C=O) groups excluding carboxylic acids is 1. The highest BCUT2D eigenvalue weighted by molar-refractivity contribution is 5.79. The van der Waals surface area contributed by atoms with E-state index in [1.165, 1.54) is 0 Å². The Kier molecular flexibility index (Phi) is 2.71. The zero-order chi connectivity index (χ0) is 10.8. The van der Waals surface area contributed by atoms with Crippen molar-refractivity contribution in [2.24, 2.45) is 5.92 Å². The molecule has 2 atom stereocenters. The lowest BCUT2D eigenvalue weighted by Gasteiger charge is -2.23. The van der Waals surface area contributed by atoms with E-state index in [0.29, 0.717) is 12.3 Å². The summed E-state index contributed by atoms with van der Waals surface area (Å²) in [5.74, 6) is 0.726. The van der Waals surface area contributed by atoms with Crippen LogP contribution in [-0.4, -0.2) is 22.3 Å². The summed E-state index contributed by atoms with van der Waals surface area (Å²) < 4.78 is 0. The summed E-state index contributed by atoms with van der Waals surface area (Å²) in [5, 5.41) is 0. The van der Waals surface area contributed by atoms with Crippen molar-refractivity contribution in [1.82, 2.24) is 9.88 Å². The van der Waals surface area contributed by atoms with Crippen LogP contribution >= 0.6 is 0 Å². The first-order valence-corrected chi connectivity index (χ1v) is 5.39. The molecule has 0 aromatic carbocycles. The van der Waals surface area contributed by atoms with Gasteiger partial charge in [-0.15, -0.1) is 0 Å². The lowest BCUT2D eigenvalue weighted by atomic mass is 10.1. The summed E-state index contributed by atoms with van der Waals surface area (Å²) in [6, 6.07) is 5.93. The van der Waals surface area contributed by atoms with Gasteiger partial charge < -0.3 is 4.90 Å². The number of nitrogens with zero attached hydrogens (tertiary/aromatic N) is 2. The van der Waals surface area contributed by atoms with E-state index in [9.17, 15) is 4.79 Å². The summed E-state index contributed by atoms with van der Waals surface area (Å²) in [6.45, 7) is 5.01. The van der Waals surface area contributed by atoms with Crippen LogP contribution in [0.3, 0.4) is 0 Å². The molecule has 2 heterocycles. The number of likely N-dealkylation sites (tertiary alicyclic amines) is 1. The van der Waals surface area contributed by atoms with Crippen molar-refractivity contribution in [2.75, 3.05) is 6.54 Å². The zero-order valence-electron chi connectivity index (χ0n) is 9.18. The summed E-state index contributed by atoms with van der Waals surface area (Å²) in [5.41, 5.74) is 0.972. The van der Waals surface area contributed by atoms with E-state index in [4.69, 9.17) is 0 Å². The van der Waals surface area contributed by atoms with Gasteiger partial charge >= 0.3 is 0 Å². The molecule has 1 aliphatic heterocycles. The molecule has 2 unspecified atom stereocenters. The normalized spacial score (nSPS) is 23.2. The molecule has 1 fully saturated rings. The maximum absolute atomic E-state index is 11.7. The average Bonchev–Trinajstić information content (AvgIpc) is 2.58. The Balaban J connectivity index is 2.15. The van der Waals surface area contributed by atoms with Crippen LogP contribution in [0.25, 0.3) is 0 Å². The zero-order valence-corrected chi connectivity index (χ0v) is 9.18. The van der Waals surface area contributed by atoms with Crippen LogP contribution in [0.4, 0.5) is 0 Å². The lowest BCUT2D eigenvalue weighted by Crippen LogP contribution is -2.28. The summed E-state index contributed by atoms with van der Waals surface area (Å²) in [7, 11) is 0. The van der Waals surface area contributed by atoms with Gasteiger partial charge in [0.25, 0.3) is 0 Å². The molecule has 0 saturated carbocycles. The molecule has 1 amide bonds. The molecule has 0 spiro atoms. The first kappa shape index (κ1) is 10.1. The third kappa shape index (κ3) is 2.01. The molecular weight excluding hydrogens is 188 g/mol. The predicted octanol–water partition coefficient (Wildman–Crippen LogP) is 2.01. The quantitative estimate of drug-likeness (QED) is 0.738. The maximum atomic E-state index is 11.7. The maximum Gasteiger partial charge on any atom is 0.223 e. The van der Waals surface area contributed by atoms with Crippen LogP contribution in [0.2, 0.25) is 0 Å². The van der Waals surface area contributed by atoms with Crippen molar-refractivity contribution in [1.29, 1.82) is 0 Å². The highest BCUT2D eigenvalue weighted by atomic mass is 16.2. The first-order chi connectivity index (χ1) is 7.18. The topological polar surface area (TPSA) is 33.2 Å². The SMILES string of the molecule is CC1CC(=O)N(C(C)c2ccccn2)C1. The molecule has 1 aromatic rings. The van der Waals surface area contributed by atoms with Gasteiger partial charge in [0.1, 0.15) is 0 Å². The van der Waals surface area contributed by atoms with Gasteiger partial charge in [0.2, 0.25) is 5.91 Å². The molecule has 0 bridgehead atoms. The van der Waals surface area contributed by atoms with E-state index >= 15 is 0 Å². The van der Waals surface area contributed by atoms with E-state index < -0.39 is 0 Å². The number of pyridine rings is 1. The third-order valence-electron chi connectivity index (χ3n) is 2.94. The fraction of sp³-hybridized carbons (Fsp3) is 0.500. The van der Waals surface area contributed by atoms with Gasteiger partial charge in [-0.25, -0.2) is 0 Å². The van der Waals surface area contributed by atoms with Gasteiger partial charge in [-0.3, -0.25) is 9.78 Å². The minimum Gasteiger partial charge on any atom is -0.334 e. The molecule has 0 radical (unpaired) electrons. The van der Waals surface area contributed by atoms with E-state index in [2.05, 4.69) is 11.9 Å². The summed E-state index contributed by atoms with van der Waals surface area (Å²) in [6.07, 6.45) is 2.45. The van der Waals surface area contributed by atoms with Crippen LogP contribution in [0.5, 0.6) is 0 Å². The number of hydrogen-bond acceptors (Lipinski definition) is 2. The standard InChI is InChI=1S/C12H16N2O/c1-9-7-12(15)14(8-9)10(2)11-5-3-4-6-13-11/h3-6,9-10H,7-8H2,1-2H3. The van der Waals surface area contributed by atoms with Crippen LogP contribution in [0.15, 0.2) is 24.4 Å². The predicted molar refractivity (Wildman–Crippen MR) is 58.1 cm³/mol. The van der Waals surface area contributed by atoms with Crippen molar-refractivity contribution in [3.8, 4) is 0 Å². The van der Waals surface area contributed by atoms with Crippen molar-refractivity contribution in [2.45, 2.75) is 26.3 Å². The minimum atomic E-state index is 0.101. The van der Waals surface area contributed by atoms with Crippen LogP contribution in [-0.2, 0) is 4.79 Å². The van der Waals surface area contributed by atoms with Gasteiger partial charge in [0.05, 0.1) is 11.7 Å². The molecule has 1 aliphatic rings. The van der Waals surface area contributed by atoms with Gasteiger partial charge in [-0.05, 0) is 25.0 Å². The monoisotopic (exact) mass is 204 g/mol. The van der Waals surface area contributed by atoms with E-state index in [1.807, 2.05) is 30.0 Å². The fourth-order valence-electron chi connectivity index (χ4n) is 2.07. The molecule has 1 aromatic heterocycles. The molecule has 0 aliphatic carbocycles. The number of aromatic nitrogens is 1. The van der Waals surface area contributed by atoms with Crippen molar-refractivity contribution in [3.05, 3.63) is 30.1 Å². The summed E-state index contributed by atoms with van der Waals surface area (Å²) in [4.78, 5) is 17.9. The van der Waals surface area contributed by atoms with Gasteiger partial charge in [-0.2, -0.15) is 0 Å². The molecule has 3 nitrogen and oxygen atoms in total. The van der Waals surface area contributed by atoms with Crippen LogP contribution < -0.4 is 0 Å². The smallest absolute Gasteiger partial charge is 0.223 e. The molecule has 1 saturated heterocycles. The Morgan fingerprint density at radius 1 is 1.53 bits per heavy atom. The highest BCUT2D eigenvalue weighted by Gasteiger charge is 2.30. The van der Waals surface area contributed by atoms with Gasteiger partial charge in [0.15, 0.2) is 0 Å². The molecular formula is C12H16N2O. The second kappa shape index (κ2) is 4.01. The Morgan fingerprint density at radius 2 is 2.33 bits per heavy atom. The van der Waals surface area contributed by atoms with Crippen molar-refractivity contribution < 1.29 is 4.79 Å². The van der Waals surface area contributed by atoms with E-state index in [1.54, 1.807) is 6.20 Å². The minimum absolute atomic E-state index is 0.101. The Bertz CT molecular complexity index is 350. The number of carbonyl (C=O) groups is 1. The van der Waals surface area contributed by atoms with E-state index in [0.717, 1.165) is 12.2 Å². The number of rotatable bonds is 2. The second-order valence-corrected chi connectivity index (χ2v) is 4.29.